The first kappa shape index (κ1) is 17.2. The highest BCUT2D eigenvalue weighted by molar-refractivity contribution is 8.01. The van der Waals surface area contributed by atoms with Crippen molar-refractivity contribution in [1.82, 2.24) is 0 Å². The molecule has 0 aliphatic rings. The van der Waals surface area contributed by atoms with Gasteiger partial charge in [0.1, 0.15) is 10.5 Å². The minimum Gasteiger partial charge on any atom is -0.497 e. The molecule has 0 saturated carbocycles. The molecule has 0 bridgehead atoms. The summed E-state index contributed by atoms with van der Waals surface area (Å²) in [5.74, 6) is 0.451. The van der Waals surface area contributed by atoms with Crippen LogP contribution in [0.15, 0.2) is 72.1 Å². The Kier molecular flexibility index (Phi) is 5.88. The van der Waals surface area contributed by atoms with Crippen LogP contribution in [0, 0.1) is 0 Å². The van der Waals surface area contributed by atoms with E-state index in [1.807, 2.05) is 54.6 Å². The second kappa shape index (κ2) is 7.88. The molecule has 0 radical (unpaired) electrons. The van der Waals surface area contributed by atoms with Gasteiger partial charge in [-0.2, -0.15) is 0 Å². The van der Waals surface area contributed by atoms with Crippen LogP contribution in [0.1, 0.15) is 12.0 Å². The second-order valence-corrected chi connectivity index (χ2v) is 6.33. The largest absolute Gasteiger partial charge is 0.497 e. The normalized spacial score (nSPS) is 13.0. The number of benzene rings is 2. The summed E-state index contributed by atoms with van der Waals surface area (Å²) in [6.45, 7) is 3.82. The molecule has 2 rings (SSSR count). The lowest BCUT2D eigenvalue weighted by atomic mass is 9.94. The SMILES string of the molecule is C=CCC(Sc1ccccc1)(C(=O)OC)c1ccc(OC)cc1. The van der Waals surface area contributed by atoms with Crippen LogP contribution in [0.3, 0.4) is 0 Å². The standard InChI is InChI=1S/C19H20O3S/c1-4-14-19(18(20)22-3,23-17-8-6-5-7-9-17)15-10-12-16(21-2)13-11-15/h4-13H,1,14H2,2-3H3. The van der Waals surface area contributed by atoms with Crippen LogP contribution in [0.4, 0.5) is 0 Å². The van der Waals surface area contributed by atoms with E-state index < -0.39 is 4.75 Å². The van der Waals surface area contributed by atoms with E-state index in [0.29, 0.717) is 6.42 Å². The van der Waals surface area contributed by atoms with Gasteiger partial charge in [-0.05, 0) is 36.2 Å². The molecule has 0 heterocycles. The van der Waals surface area contributed by atoms with E-state index in [0.717, 1.165) is 16.2 Å². The van der Waals surface area contributed by atoms with E-state index >= 15 is 0 Å². The molecule has 3 nitrogen and oxygen atoms in total. The molecule has 1 atom stereocenters. The number of rotatable bonds is 7. The van der Waals surface area contributed by atoms with Gasteiger partial charge in [0.15, 0.2) is 0 Å². The van der Waals surface area contributed by atoms with Crippen LogP contribution >= 0.6 is 11.8 Å². The summed E-state index contributed by atoms with van der Waals surface area (Å²) in [5, 5.41) is 0. The lowest BCUT2D eigenvalue weighted by molar-refractivity contribution is -0.143. The van der Waals surface area contributed by atoms with Gasteiger partial charge in [0.25, 0.3) is 0 Å². The van der Waals surface area contributed by atoms with E-state index in [4.69, 9.17) is 9.47 Å². The summed E-state index contributed by atoms with van der Waals surface area (Å²) in [6, 6.07) is 17.3. The van der Waals surface area contributed by atoms with Crippen molar-refractivity contribution in [1.29, 1.82) is 0 Å². The molecular formula is C19H20O3S. The molecule has 1 unspecified atom stereocenters. The van der Waals surface area contributed by atoms with Gasteiger partial charge < -0.3 is 9.47 Å². The van der Waals surface area contributed by atoms with E-state index in [9.17, 15) is 4.79 Å². The number of carbonyl (C=O) groups excluding carboxylic acids is 1. The number of methoxy groups -OCH3 is 2. The fourth-order valence-electron chi connectivity index (χ4n) is 2.38. The molecule has 0 aromatic heterocycles. The molecule has 0 spiro atoms. The summed E-state index contributed by atoms with van der Waals surface area (Å²) >= 11 is 1.47. The summed E-state index contributed by atoms with van der Waals surface area (Å²) in [5.41, 5.74) is 0.860. The van der Waals surface area contributed by atoms with Gasteiger partial charge >= 0.3 is 5.97 Å². The minimum absolute atomic E-state index is 0.295. The fourth-order valence-corrected chi connectivity index (χ4v) is 3.70. The zero-order valence-corrected chi connectivity index (χ0v) is 14.1. The molecule has 23 heavy (non-hydrogen) atoms. The third-order valence-corrected chi connectivity index (χ3v) is 4.96. The third-order valence-electron chi connectivity index (χ3n) is 3.54. The maximum absolute atomic E-state index is 12.7. The Hall–Kier alpha value is -2.20. The van der Waals surface area contributed by atoms with Gasteiger partial charge in [-0.1, -0.05) is 36.4 Å². The molecule has 2 aromatic rings. The number of hydrogen-bond acceptors (Lipinski definition) is 4. The predicted molar refractivity (Wildman–Crippen MR) is 93.8 cm³/mol. The Morgan fingerprint density at radius 1 is 1.13 bits per heavy atom. The third kappa shape index (κ3) is 3.77. The molecule has 0 amide bonds. The van der Waals surface area contributed by atoms with Crippen molar-refractivity contribution < 1.29 is 14.3 Å². The molecule has 2 aromatic carbocycles. The van der Waals surface area contributed by atoms with Gasteiger partial charge in [-0.3, -0.25) is 4.79 Å². The maximum atomic E-state index is 12.7. The lowest BCUT2D eigenvalue weighted by Crippen LogP contribution is -2.33. The highest BCUT2D eigenvalue weighted by Crippen LogP contribution is 2.45. The molecule has 0 N–H and O–H groups in total. The van der Waals surface area contributed by atoms with Crippen LogP contribution in [0.25, 0.3) is 0 Å². The van der Waals surface area contributed by atoms with E-state index in [1.165, 1.54) is 18.9 Å². The quantitative estimate of drug-likeness (QED) is 0.428. The van der Waals surface area contributed by atoms with Crippen molar-refractivity contribution in [2.75, 3.05) is 14.2 Å². The first-order valence-electron chi connectivity index (χ1n) is 7.24. The van der Waals surface area contributed by atoms with E-state index in [2.05, 4.69) is 6.58 Å². The summed E-state index contributed by atoms with van der Waals surface area (Å²) in [7, 11) is 3.03. The molecule has 0 fully saturated rings. The highest BCUT2D eigenvalue weighted by atomic mass is 32.2. The smallest absolute Gasteiger partial charge is 0.327 e. The average Bonchev–Trinajstić information content (AvgIpc) is 2.61. The minimum atomic E-state index is -0.871. The number of ether oxygens (including phenoxy) is 2. The monoisotopic (exact) mass is 328 g/mol. The van der Waals surface area contributed by atoms with E-state index in [-0.39, 0.29) is 5.97 Å². The van der Waals surface area contributed by atoms with Gasteiger partial charge in [0.05, 0.1) is 14.2 Å². The van der Waals surface area contributed by atoms with Crippen molar-refractivity contribution >= 4 is 17.7 Å². The van der Waals surface area contributed by atoms with Crippen molar-refractivity contribution in [3.63, 3.8) is 0 Å². The summed E-state index contributed by atoms with van der Waals surface area (Å²) in [4.78, 5) is 13.7. The maximum Gasteiger partial charge on any atom is 0.327 e. The van der Waals surface area contributed by atoms with E-state index in [1.54, 1.807) is 13.2 Å². The molecule has 0 aliphatic heterocycles. The number of thioether (sulfide) groups is 1. The van der Waals surface area contributed by atoms with Crippen molar-refractivity contribution in [2.24, 2.45) is 0 Å². The molecular weight excluding hydrogens is 308 g/mol. The van der Waals surface area contributed by atoms with Crippen LogP contribution in [0.5, 0.6) is 5.75 Å². The number of allylic oxidation sites excluding steroid dienone is 1. The summed E-state index contributed by atoms with van der Waals surface area (Å²) < 4.78 is 9.45. The van der Waals surface area contributed by atoms with Gasteiger partial charge in [-0.15, -0.1) is 18.3 Å². The zero-order chi connectivity index (χ0) is 16.7. The summed E-state index contributed by atoms with van der Waals surface area (Å²) in [6.07, 6.45) is 2.21. The Morgan fingerprint density at radius 2 is 1.78 bits per heavy atom. The Morgan fingerprint density at radius 3 is 2.30 bits per heavy atom. The number of hydrogen-bond donors (Lipinski definition) is 0. The van der Waals surface area contributed by atoms with Gasteiger partial charge in [0, 0.05) is 4.90 Å². The predicted octanol–water partition coefficient (Wildman–Crippen LogP) is 4.43. The van der Waals surface area contributed by atoms with Crippen LogP contribution in [-0.2, 0) is 14.3 Å². The highest BCUT2D eigenvalue weighted by Gasteiger charge is 2.41. The molecule has 0 saturated heterocycles. The molecule has 120 valence electrons. The molecule has 4 heteroatoms. The van der Waals surface area contributed by atoms with Crippen molar-refractivity contribution in [3.8, 4) is 5.75 Å². The van der Waals surface area contributed by atoms with Crippen LogP contribution in [0.2, 0.25) is 0 Å². The average molecular weight is 328 g/mol. The van der Waals surface area contributed by atoms with Gasteiger partial charge in [-0.25, -0.2) is 0 Å². The van der Waals surface area contributed by atoms with Crippen molar-refractivity contribution in [2.45, 2.75) is 16.1 Å². The van der Waals surface area contributed by atoms with Crippen LogP contribution in [-0.4, -0.2) is 20.2 Å². The van der Waals surface area contributed by atoms with Gasteiger partial charge in [0.2, 0.25) is 0 Å². The van der Waals surface area contributed by atoms with Crippen LogP contribution < -0.4 is 4.74 Å². The topological polar surface area (TPSA) is 35.5 Å². The number of esters is 1. The zero-order valence-electron chi connectivity index (χ0n) is 13.3. The Bertz CT molecular complexity index is 652. The van der Waals surface area contributed by atoms with Crippen molar-refractivity contribution in [3.05, 3.63) is 72.8 Å². The first-order valence-corrected chi connectivity index (χ1v) is 8.06. The Balaban J connectivity index is 2.51. The Labute approximate surface area is 141 Å². The molecule has 0 aliphatic carbocycles. The second-order valence-electron chi connectivity index (χ2n) is 4.96. The first-order chi connectivity index (χ1) is 11.2. The fraction of sp³-hybridized carbons (Fsp3) is 0.211. The number of carbonyl (C=O) groups is 1. The lowest BCUT2D eigenvalue weighted by Gasteiger charge is -2.30.